The second kappa shape index (κ2) is 3.94. The van der Waals surface area contributed by atoms with E-state index in [2.05, 4.69) is 5.92 Å². The smallest absolute Gasteiger partial charge is 0.394 e. The van der Waals surface area contributed by atoms with Crippen molar-refractivity contribution in [3.05, 3.63) is 0 Å². The van der Waals surface area contributed by atoms with Gasteiger partial charge < -0.3 is 10.0 Å². The number of nitrogens with zero attached hydrogens (tertiary/aromatic N) is 1. The van der Waals surface area contributed by atoms with Gasteiger partial charge in [-0.1, -0.05) is 5.92 Å². The first kappa shape index (κ1) is 9.59. The van der Waals surface area contributed by atoms with Gasteiger partial charge in [0.1, 0.15) is 0 Å². The first-order chi connectivity index (χ1) is 6.15. The third kappa shape index (κ3) is 2.79. The van der Waals surface area contributed by atoms with E-state index in [0.29, 0.717) is 12.5 Å². The lowest BCUT2D eigenvalue weighted by Gasteiger charge is -2.16. The van der Waals surface area contributed by atoms with Crippen LogP contribution in [0, 0.1) is 18.3 Å². The van der Waals surface area contributed by atoms with Crippen LogP contribution in [0.25, 0.3) is 0 Å². The Hall–Kier alpha value is -1.50. The third-order valence-electron chi connectivity index (χ3n) is 1.93. The van der Waals surface area contributed by atoms with Gasteiger partial charge in [0.15, 0.2) is 0 Å². The molecule has 0 atom stereocenters. The third-order valence-corrected chi connectivity index (χ3v) is 1.93. The number of carboxylic acid groups (broad SMARTS) is 1. The van der Waals surface area contributed by atoms with Gasteiger partial charge in [-0.05, 0) is 18.8 Å². The first-order valence-electron chi connectivity index (χ1n) is 4.10. The molecule has 1 rings (SSSR count). The standard InChI is InChI=1S/C9H11NO3/c1-2-5-10(6-7-3-4-7)8(11)9(12)13/h1,7H,3-6H2,(H,12,13). The Balaban J connectivity index is 2.49. The van der Waals surface area contributed by atoms with Crippen LogP contribution in [-0.4, -0.2) is 35.0 Å². The van der Waals surface area contributed by atoms with Crippen LogP contribution in [0.2, 0.25) is 0 Å². The van der Waals surface area contributed by atoms with Crippen molar-refractivity contribution in [1.82, 2.24) is 4.90 Å². The average Bonchev–Trinajstić information content (AvgIpc) is 2.86. The summed E-state index contributed by atoms with van der Waals surface area (Å²) < 4.78 is 0. The Morgan fingerprint density at radius 2 is 2.15 bits per heavy atom. The van der Waals surface area contributed by atoms with Crippen molar-refractivity contribution in [1.29, 1.82) is 0 Å². The summed E-state index contributed by atoms with van der Waals surface area (Å²) in [7, 11) is 0. The lowest BCUT2D eigenvalue weighted by Crippen LogP contribution is -2.38. The summed E-state index contributed by atoms with van der Waals surface area (Å²) in [4.78, 5) is 22.6. The Morgan fingerprint density at radius 1 is 1.54 bits per heavy atom. The highest BCUT2D eigenvalue weighted by atomic mass is 16.4. The predicted octanol–water partition coefficient (Wildman–Crippen LogP) is -0.0572. The molecule has 0 spiro atoms. The van der Waals surface area contributed by atoms with Crippen molar-refractivity contribution < 1.29 is 14.7 Å². The van der Waals surface area contributed by atoms with E-state index in [1.54, 1.807) is 0 Å². The van der Waals surface area contributed by atoms with Gasteiger partial charge in [-0.15, -0.1) is 6.42 Å². The van der Waals surface area contributed by atoms with Crippen molar-refractivity contribution >= 4 is 11.9 Å². The van der Waals surface area contributed by atoms with Crippen LogP contribution in [0.1, 0.15) is 12.8 Å². The highest BCUT2D eigenvalue weighted by Gasteiger charge is 2.28. The second-order valence-corrected chi connectivity index (χ2v) is 3.14. The summed E-state index contributed by atoms with van der Waals surface area (Å²) in [5.41, 5.74) is 0. The van der Waals surface area contributed by atoms with E-state index in [1.165, 1.54) is 4.90 Å². The number of terminal acetylenes is 1. The number of carbonyl (C=O) groups excluding carboxylic acids is 1. The van der Waals surface area contributed by atoms with E-state index in [-0.39, 0.29) is 6.54 Å². The van der Waals surface area contributed by atoms with Gasteiger partial charge in [0, 0.05) is 6.54 Å². The molecule has 70 valence electrons. The zero-order valence-corrected chi connectivity index (χ0v) is 7.19. The minimum absolute atomic E-state index is 0.0850. The van der Waals surface area contributed by atoms with Crippen molar-refractivity contribution in [3.8, 4) is 12.3 Å². The van der Waals surface area contributed by atoms with Gasteiger partial charge in [0.05, 0.1) is 6.54 Å². The zero-order chi connectivity index (χ0) is 9.84. The van der Waals surface area contributed by atoms with Gasteiger partial charge in [0.2, 0.25) is 0 Å². The Bertz CT molecular complexity index is 263. The van der Waals surface area contributed by atoms with Crippen molar-refractivity contribution in [2.24, 2.45) is 5.92 Å². The highest BCUT2D eigenvalue weighted by Crippen LogP contribution is 2.29. The minimum Gasteiger partial charge on any atom is -0.474 e. The molecule has 13 heavy (non-hydrogen) atoms. The quantitative estimate of drug-likeness (QED) is 0.490. The molecule has 0 bridgehead atoms. The minimum atomic E-state index is -1.43. The first-order valence-corrected chi connectivity index (χ1v) is 4.10. The molecule has 0 aliphatic heterocycles. The molecule has 1 N–H and O–H groups in total. The molecule has 1 amide bonds. The maximum absolute atomic E-state index is 11.0. The lowest BCUT2D eigenvalue weighted by molar-refractivity contribution is -0.155. The molecule has 0 aromatic carbocycles. The van der Waals surface area contributed by atoms with Gasteiger partial charge in [-0.2, -0.15) is 0 Å². The van der Waals surface area contributed by atoms with Gasteiger partial charge in [-0.3, -0.25) is 4.79 Å². The van der Waals surface area contributed by atoms with E-state index >= 15 is 0 Å². The van der Waals surface area contributed by atoms with Gasteiger partial charge in [0.25, 0.3) is 0 Å². The largest absolute Gasteiger partial charge is 0.474 e. The summed E-state index contributed by atoms with van der Waals surface area (Å²) in [6.07, 6.45) is 7.15. The molecule has 1 saturated carbocycles. The van der Waals surface area contributed by atoms with Crippen molar-refractivity contribution in [3.63, 3.8) is 0 Å². The van der Waals surface area contributed by atoms with Crippen LogP contribution in [0.15, 0.2) is 0 Å². The molecule has 1 fully saturated rings. The normalized spacial score (nSPS) is 14.7. The molecule has 1 aliphatic rings. The summed E-state index contributed by atoms with van der Waals surface area (Å²) in [5.74, 6) is 0.401. The van der Waals surface area contributed by atoms with Crippen LogP contribution >= 0.6 is 0 Å². The number of amides is 1. The molecule has 0 aromatic heterocycles. The summed E-state index contributed by atoms with van der Waals surface area (Å²) in [6.45, 7) is 0.566. The molecule has 0 saturated heterocycles. The maximum Gasteiger partial charge on any atom is 0.394 e. The number of hydrogen-bond acceptors (Lipinski definition) is 2. The predicted molar refractivity (Wildman–Crippen MR) is 45.8 cm³/mol. The zero-order valence-electron chi connectivity index (χ0n) is 7.19. The van der Waals surface area contributed by atoms with E-state index in [1.807, 2.05) is 0 Å². The lowest BCUT2D eigenvalue weighted by atomic mass is 10.3. The molecule has 0 heterocycles. The van der Waals surface area contributed by atoms with E-state index in [4.69, 9.17) is 11.5 Å². The molecule has 0 radical (unpaired) electrons. The maximum atomic E-state index is 11.0. The SMILES string of the molecule is C#CCN(CC1CC1)C(=O)C(=O)O. The summed E-state index contributed by atoms with van der Waals surface area (Å²) >= 11 is 0. The molecule has 1 aliphatic carbocycles. The van der Waals surface area contributed by atoms with Crippen LogP contribution in [0.4, 0.5) is 0 Å². The van der Waals surface area contributed by atoms with Crippen LogP contribution in [-0.2, 0) is 9.59 Å². The molecule has 4 nitrogen and oxygen atoms in total. The number of rotatable bonds is 3. The molecule has 0 aromatic rings. The summed E-state index contributed by atoms with van der Waals surface area (Å²) in [5, 5.41) is 8.45. The molecule has 4 heteroatoms. The average molecular weight is 181 g/mol. The Kier molecular flexibility index (Phi) is 2.91. The van der Waals surface area contributed by atoms with E-state index in [0.717, 1.165) is 12.8 Å². The Labute approximate surface area is 76.5 Å². The monoisotopic (exact) mass is 181 g/mol. The van der Waals surface area contributed by atoms with Gasteiger partial charge in [-0.25, -0.2) is 4.79 Å². The topological polar surface area (TPSA) is 57.6 Å². The van der Waals surface area contributed by atoms with E-state index < -0.39 is 11.9 Å². The fourth-order valence-corrected chi connectivity index (χ4v) is 1.08. The van der Waals surface area contributed by atoms with E-state index in [9.17, 15) is 9.59 Å². The number of aliphatic carboxylic acids is 1. The van der Waals surface area contributed by atoms with Gasteiger partial charge >= 0.3 is 11.9 Å². The second-order valence-electron chi connectivity index (χ2n) is 3.14. The van der Waals surface area contributed by atoms with Crippen LogP contribution in [0.5, 0.6) is 0 Å². The summed E-state index contributed by atoms with van der Waals surface area (Å²) in [6, 6.07) is 0. The number of carboxylic acids is 1. The number of hydrogen-bond donors (Lipinski definition) is 1. The fourth-order valence-electron chi connectivity index (χ4n) is 1.08. The molecular formula is C9H11NO3. The highest BCUT2D eigenvalue weighted by molar-refractivity contribution is 6.31. The van der Waals surface area contributed by atoms with Crippen molar-refractivity contribution in [2.75, 3.05) is 13.1 Å². The number of carbonyl (C=O) groups is 2. The van der Waals surface area contributed by atoms with Crippen LogP contribution in [0.3, 0.4) is 0 Å². The molecular weight excluding hydrogens is 170 g/mol. The van der Waals surface area contributed by atoms with Crippen molar-refractivity contribution in [2.45, 2.75) is 12.8 Å². The van der Waals surface area contributed by atoms with Crippen LogP contribution < -0.4 is 0 Å². The fraction of sp³-hybridized carbons (Fsp3) is 0.556. The molecule has 0 unspecified atom stereocenters. The Morgan fingerprint density at radius 3 is 2.54 bits per heavy atom.